The van der Waals surface area contributed by atoms with Gasteiger partial charge in [-0.1, -0.05) is 13.0 Å². The molecule has 1 aliphatic rings. The Balaban J connectivity index is 1.63. The lowest BCUT2D eigenvalue weighted by Crippen LogP contribution is -2.47. The number of benzene rings is 1. The van der Waals surface area contributed by atoms with Crippen LogP contribution in [0.3, 0.4) is 0 Å². The van der Waals surface area contributed by atoms with E-state index in [-0.39, 0.29) is 41.2 Å². The number of aliphatic hydroxyl groups is 1. The van der Waals surface area contributed by atoms with Crippen molar-refractivity contribution in [2.24, 2.45) is 5.92 Å². The first kappa shape index (κ1) is 28.0. The van der Waals surface area contributed by atoms with E-state index in [9.17, 15) is 18.3 Å². The Hall–Kier alpha value is -2.99. The molecule has 0 spiro atoms. The molecular weight excluding hydrogens is 524 g/mol. The van der Waals surface area contributed by atoms with Crippen LogP contribution in [0.5, 0.6) is 5.75 Å². The Bertz CT molecular complexity index is 1320. The van der Waals surface area contributed by atoms with Crippen LogP contribution in [0, 0.1) is 5.92 Å². The van der Waals surface area contributed by atoms with E-state index in [0.29, 0.717) is 36.6 Å². The highest BCUT2D eigenvalue weighted by Gasteiger charge is 2.31. The first-order valence-corrected chi connectivity index (χ1v) is 14.9. The normalized spacial score (nSPS) is 19.2. The number of sulfonamides is 1. The summed E-state index contributed by atoms with van der Waals surface area (Å²) < 4.78 is 34.9. The number of pyridine rings is 1. The number of nitrogens with zero attached hydrogens (tertiary/aromatic N) is 3. The third kappa shape index (κ3) is 6.90. The number of ether oxygens (including phenoxy) is 1. The fourth-order valence-corrected chi connectivity index (χ4v) is 6.55. The summed E-state index contributed by atoms with van der Waals surface area (Å²) in [7, 11) is -1.72. The monoisotopic (exact) mass is 558 g/mol. The molecule has 3 heterocycles. The first-order chi connectivity index (χ1) is 18.2. The van der Waals surface area contributed by atoms with Gasteiger partial charge in [-0.15, -0.1) is 11.3 Å². The number of carbonyl (C=O) groups excluding carboxylic acids is 1. The van der Waals surface area contributed by atoms with Gasteiger partial charge >= 0.3 is 0 Å². The number of amides is 1. The summed E-state index contributed by atoms with van der Waals surface area (Å²) in [6, 6.07) is 11.9. The summed E-state index contributed by atoms with van der Waals surface area (Å²) in [5.41, 5.74) is 2.08. The Morgan fingerprint density at radius 1 is 1.26 bits per heavy atom. The summed E-state index contributed by atoms with van der Waals surface area (Å²) >= 11 is 1.13. The van der Waals surface area contributed by atoms with Crippen LogP contribution in [0.25, 0.3) is 0 Å². The van der Waals surface area contributed by atoms with E-state index in [1.807, 2.05) is 33.0 Å². The summed E-state index contributed by atoms with van der Waals surface area (Å²) in [4.78, 5) is 21.3. The molecule has 11 heteroatoms. The van der Waals surface area contributed by atoms with Crippen molar-refractivity contribution in [3.63, 3.8) is 0 Å². The van der Waals surface area contributed by atoms with Crippen LogP contribution < -0.4 is 9.46 Å². The third-order valence-electron chi connectivity index (χ3n) is 6.62. The largest absolute Gasteiger partial charge is 0.488 e. The summed E-state index contributed by atoms with van der Waals surface area (Å²) in [6.45, 7) is 5.45. The van der Waals surface area contributed by atoms with Gasteiger partial charge in [0.05, 0.1) is 19.1 Å². The Kier molecular flexibility index (Phi) is 9.03. The second-order valence-electron chi connectivity index (χ2n) is 9.80. The number of hydrogen-bond donors (Lipinski definition) is 2. The van der Waals surface area contributed by atoms with Crippen LogP contribution in [0.2, 0.25) is 0 Å². The van der Waals surface area contributed by atoms with Crippen LogP contribution in [-0.4, -0.2) is 73.1 Å². The zero-order valence-electron chi connectivity index (χ0n) is 21.8. The predicted molar refractivity (Wildman–Crippen MR) is 148 cm³/mol. The second kappa shape index (κ2) is 12.2. The number of fused-ring (bicyclic) bond motifs is 1. The lowest BCUT2D eigenvalue weighted by atomic mass is 10.0. The molecule has 1 aromatic carbocycles. The van der Waals surface area contributed by atoms with E-state index >= 15 is 0 Å². The van der Waals surface area contributed by atoms with E-state index in [2.05, 4.69) is 14.6 Å². The molecule has 0 radical (unpaired) electrons. The molecule has 204 valence electrons. The van der Waals surface area contributed by atoms with Gasteiger partial charge in [0.2, 0.25) is 5.91 Å². The van der Waals surface area contributed by atoms with Gasteiger partial charge in [-0.25, -0.2) is 8.42 Å². The van der Waals surface area contributed by atoms with Crippen molar-refractivity contribution in [2.45, 2.75) is 43.2 Å². The van der Waals surface area contributed by atoms with Gasteiger partial charge < -0.3 is 14.7 Å². The molecule has 0 unspecified atom stereocenters. The molecule has 0 aliphatic carbocycles. The van der Waals surface area contributed by atoms with Gasteiger partial charge in [-0.3, -0.25) is 19.4 Å². The second-order valence-corrected chi connectivity index (χ2v) is 12.7. The number of anilines is 1. The Labute approximate surface area is 228 Å². The van der Waals surface area contributed by atoms with Crippen LogP contribution in [0.1, 0.15) is 25.0 Å². The van der Waals surface area contributed by atoms with Crippen molar-refractivity contribution in [1.82, 2.24) is 14.8 Å². The Morgan fingerprint density at radius 3 is 2.71 bits per heavy atom. The van der Waals surface area contributed by atoms with E-state index < -0.39 is 10.0 Å². The highest BCUT2D eigenvalue weighted by molar-refractivity contribution is 7.94. The van der Waals surface area contributed by atoms with E-state index in [0.717, 1.165) is 16.9 Å². The minimum absolute atomic E-state index is 0.0283. The van der Waals surface area contributed by atoms with E-state index in [4.69, 9.17) is 4.74 Å². The van der Waals surface area contributed by atoms with Crippen LogP contribution in [0.4, 0.5) is 5.69 Å². The molecular formula is C27H34N4O5S2. The molecule has 2 N–H and O–H groups in total. The molecule has 3 atom stereocenters. The number of hydrogen-bond acceptors (Lipinski definition) is 8. The molecule has 0 bridgehead atoms. The van der Waals surface area contributed by atoms with Gasteiger partial charge in [0.25, 0.3) is 10.0 Å². The predicted octanol–water partition coefficient (Wildman–Crippen LogP) is 3.22. The molecule has 0 saturated carbocycles. The molecule has 0 fully saturated rings. The number of aromatic nitrogens is 1. The molecule has 3 aromatic rings. The minimum atomic E-state index is -3.74. The number of thiophene rings is 1. The zero-order chi connectivity index (χ0) is 27.3. The fourth-order valence-electron chi connectivity index (χ4n) is 4.50. The molecule has 4 rings (SSSR count). The number of rotatable bonds is 9. The Morgan fingerprint density at radius 2 is 2.03 bits per heavy atom. The van der Waals surface area contributed by atoms with Crippen LogP contribution in [0.15, 0.2) is 64.4 Å². The topological polar surface area (TPSA) is 112 Å². The molecule has 1 aliphatic heterocycles. The summed E-state index contributed by atoms with van der Waals surface area (Å²) in [6.07, 6.45) is 3.31. The minimum Gasteiger partial charge on any atom is -0.488 e. The SMILES string of the molecule is C[C@H](CO)N1C[C@H](C)[C@H](CN(C)Cc2ccncc2)Oc2ccc(NS(=O)(=O)c3cccs3)cc2CC1=O. The lowest BCUT2D eigenvalue weighted by Gasteiger charge is -2.34. The average molecular weight is 559 g/mol. The zero-order valence-corrected chi connectivity index (χ0v) is 23.4. The maximum absolute atomic E-state index is 13.4. The summed E-state index contributed by atoms with van der Waals surface area (Å²) in [5.74, 6) is 0.369. The van der Waals surface area contributed by atoms with Crippen LogP contribution in [-0.2, 0) is 27.8 Å². The van der Waals surface area contributed by atoms with Crippen molar-refractivity contribution in [2.75, 3.05) is 31.5 Å². The van der Waals surface area contributed by atoms with Crippen LogP contribution >= 0.6 is 11.3 Å². The van der Waals surface area contributed by atoms with Gasteiger partial charge in [0, 0.05) is 49.2 Å². The maximum atomic E-state index is 13.4. The van der Waals surface area contributed by atoms with Gasteiger partial charge in [0.15, 0.2) is 0 Å². The smallest absolute Gasteiger partial charge is 0.271 e. The molecule has 38 heavy (non-hydrogen) atoms. The number of aliphatic hydroxyl groups excluding tert-OH is 1. The van der Waals surface area contributed by atoms with Crippen molar-refractivity contribution in [3.05, 3.63) is 71.4 Å². The number of carbonyl (C=O) groups is 1. The number of likely N-dealkylation sites (N-methyl/N-ethyl adjacent to an activating group) is 1. The molecule has 0 saturated heterocycles. The van der Waals surface area contributed by atoms with E-state index in [1.165, 1.54) is 0 Å². The van der Waals surface area contributed by atoms with Crippen molar-refractivity contribution < 1.29 is 23.1 Å². The van der Waals surface area contributed by atoms with Crippen molar-refractivity contribution >= 4 is 33.0 Å². The highest BCUT2D eigenvalue weighted by atomic mass is 32.2. The summed E-state index contributed by atoms with van der Waals surface area (Å²) in [5, 5.41) is 11.5. The maximum Gasteiger partial charge on any atom is 0.271 e. The highest BCUT2D eigenvalue weighted by Crippen LogP contribution is 2.30. The molecule has 9 nitrogen and oxygen atoms in total. The molecule has 1 amide bonds. The lowest BCUT2D eigenvalue weighted by molar-refractivity contribution is -0.134. The van der Waals surface area contributed by atoms with Gasteiger partial charge in [0.1, 0.15) is 16.1 Å². The molecule has 2 aromatic heterocycles. The van der Waals surface area contributed by atoms with Crippen molar-refractivity contribution in [1.29, 1.82) is 0 Å². The fraction of sp³-hybridized carbons (Fsp3) is 0.407. The average Bonchev–Trinajstić information content (AvgIpc) is 3.44. The quantitative estimate of drug-likeness (QED) is 0.415. The number of nitrogens with one attached hydrogen (secondary N) is 1. The van der Waals surface area contributed by atoms with Gasteiger partial charge in [-0.05, 0) is 61.3 Å². The first-order valence-electron chi connectivity index (χ1n) is 12.5. The van der Waals surface area contributed by atoms with Gasteiger partial charge in [-0.2, -0.15) is 0 Å². The standard InChI is InChI=1S/C27H34N4O5S2/c1-19-15-31(20(2)18-32)26(33)14-22-13-23(29-38(34,35)27-5-4-12-37-27)6-7-24(22)36-25(19)17-30(3)16-21-8-10-28-11-9-21/h4-13,19-20,25,29,32H,14-18H2,1-3H3/t19-,20+,25-/m0/s1. The van der Waals surface area contributed by atoms with Crippen molar-refractivity contribution in [3.8, 4) is 5.75 Å². The van der Waals surface area contributed by atoms with E-state index in [1.54, 1.807) is 53.0 Å². The third-order valence-corrected chi connectivity index (χ3v) is 9.40.